The van der Waals surface area contributed by atoms with Gasteiger partial charge in [-0.05, 0) is 31.0 Å². The summed E-state index contributed by atoms with van der Waals surface area (Å²) in [6.07, 6.45) is 1.45. The number of rotatable bonds is 3. The number of ether oxygens (including phenoxy) is 1. The number of hydrogen-bond acceptors (Lipinski definition) is 4. The van der Waals surface area contributed by atoms with Crippen molar-refractivity contribution in [3.63, 3.8) is 0 Å². The molecule has 0 bridgehead atoms. The summed E-state index contributed by atoms with van der Waals surface area (Å²) in [6.45, 7) is -0.0917. The van der Waals surface area contributed by atoms with Crippen LogP contribution in [0.4, 0.5) is 5.69 Å². The largest absolute Gasteiger partial charge is 0.482 e. The van der Waals surface area contributed by atoms with E-state index in [9.17, 15) is 14.7 Å². The van der Waals surface area contributed by atoms with Gasteiger partial charge in [0.15, 0.2) is 12.4 Å². The molecule has 1 aliphatic carbocycles. The molecule has 1 aromatic carbocycles. The number of aliphatic hydroxyl groups is 1. The summed E-state index contributed by atoms with van der Waals surface area (Å²) < 4.78 is 5.32. The van der Waals surface area contributed by atoms with Crippen LogP contribution in [0.25, 0.3) is 0 Å². The number of nitrogens with zero attached hydrogens (tertiary/aromatic N) is 1. The second-order valence-corrected chi connectivity index (χ2v) is 5.19. The van der Waals surface area contributed by atoms with Crippen molar-refractivity contribution in [1.29, 1.82) is 0 Å². The Bertz CT molecular complexity index is 563. The molecule has 1 aromatic rings. The van der Waals surface area contributed by atoms with Crippen LogP contribution in [0.1, 0.15) is 23.2 Å². The summed E-state index contributed by atoms with van der Waals surface area (Å²) in [4.78, 5) is 25.4. The molecule has 1 amide bonds. The molecule has 0 unspecified atom stereocenters. The fourth-order valence-corrected chi connectivity index (χ4v) is 2.33. The average molecular weight is 261 g/mol. The highest BCUT2D eigenvalue weighted by Gasteiger charge is 2.49. The SMILES string of the molecule is CN1C(=O)COc2ccc(C(=O)C3(CO)CC3)cc21. The maximum Gasteiger partial charge on any atom is 0.264 e. The second-order valence-electron chi connectivity index (χ2n) is 5.19. The zero-order valence-corrected chi connectivity index (χ0v) is 10.7. The standard InChI is InChI=1S/C14H15NO4/c1-15-10-6-9(13(18)14(8-16)4-5-14)2-3-11(10)19-7-12(15)17/h2-3,6,16H,4-5,7-8H2,1H3. The van der Waals surface area contributed by atoms with Gasteiger partial charge in [-0.1, -0.05) is 0 Å². The molecule has 3 rings (SSSR count). The van der Waals surface area contributed by atoms with Crippen molar-refractivity contribution in [2.75, 3.05) is 25.2 Å². The van der Waals surface area contributed by atoms with Crippen LogP contribution in [0.3, 0.4) is 0 Å². The molecule has 5 heteroatoms. The number of fused-ring (bicyclic) bond motifs is 1. The van der Waals surface area contributed by atoms with Gasteiger partial charge in [0.1, 0.15) is 5.75 Å². The Morgan fingerprint density at radius 3 is 2.84 bits per heavy atom. The first kappa shape index (κ1) is 12.2. The molecule has 1 saturated carbocycles. The maximum atomic E-state index is 12.3. The van der Waals surface area contributed by atoms with Crippen molar-refractivity contribution in [2.45, 2.75) is 12.8 Å². The van der Waals surface area contributed by atoms with E-state index < -0.39 is 5.41 Å². The highest BCUT2D eigenvalue weighted by Crippen LogP contribution is 2.48. The molecule has 0 atom stereocenters. The van der Waals surface area contributed by atoms with Crippen molar-refractivity contribution in [2.24, 2.45) is 5.41 Å². The molecule has 1 aliphatic heterocycles. The molecule has 19 heavy (non-hydrogen) atoms. The number of carbonyl (C=O) groups excluding carboxylic acids is 2. The second kappa shape index (κ2) is 4.06. The highest BCUT2D eigenvalue weighted by atomic mass is 16.5. The smallest absolute Gasteiger partial charge is 0.264 e. The molecule has 0 radical (unpaired) electrons. The summed E-state index contributed by atoms with van der Waals surface area (Å²) in [5.74, 6) is 0.414. The van der Waals surface area contributed by atoms with Crippen LogP contribution in [0.15, 0.2) is 18.2 Å². The van der Waals surface area contributed by atoms with Gasteiger partial charge in [0.25, 0.3) is 5.91 Å². The number of aliphatic hydroxyl groups excluding tert-OH is 1. The Morgan fingerprint density at radius 1 is 1.47 bits per heavy atom. The van der Waals surface area contributed by atoms with Crippen LogP contribution in [0.2, 0.25) is 0 Å². The number of Topliss-reactive ketones (excluding diaryl/α,β-unsaturated/α-hetero) is 1. The Balaban J connectivity index is 1.97. The van der Waals surface area contributed by atoms with Crippen molar-refractivity contribution in [1.82, 2.24) is 0 Å². The minimum Gasteiger partial charge on any atom is -0.482 e. The Hall–Kier alpha value is -1.88. The molecule has 0 aromatic heterocycles. The van der Waals surface area contributed by atoms with E-state index in [1.165, 1.54) is 4.90 Å². The Morgan fingerprint density at radius 2 is 2.21 bits per heavy atom. The first-order valence-electron chi connectivity index (χ1n) is 6.26. The number of benzene rings is 1. The van der Waals surface area contributed by atoms with E-state index in [1.807, 2.05) is 0 Å². The van der Waals surface area contributed by atoms with Gasteiger partial charge in [0, 0.05) is 12.6 Å². The predicted molar refractivity (Wildman–Crippen MR) is 68.4 cm³/mol. The zero-order chi connectivity index (χ0) is 13.6. The first-order valence-corrected chi connectivity index (χ1v) is 6.26. The van der Waals surface area contributed by atoms with Crippen molar-refractivity contribution >= 4 is 17.4 Å². The molecule has 0 saturated heterocycles. The molecular formula is C14H15NO4. The van der Waals surface area contributed by atoms with Crippen molar-refractivity contribution in [3.05, 3.63) is 23.8 Å². The number of likely N-dealkylation sites (N-methyl/N-ethyl adjacent to an activating group) is 1. The average Bonchev–Trinajstić information content (AvgIpc) is 3.23. The first-order chi connectivity index (χ1) is 9.07. The van der Waals surface area contributed by atoms with Gasteiger partial charge in [-0.2, -0.15) is 0 Å². The van der Waals surface area contributed by atoms with Gasteiger partial charge in [0.05, 0.1) is 17.7 Å². The van der Waals surface area contributed by atoms with Gasteiger partial charge >= 0.3 is 0 Å². The van der Waals surface area contributed by atoms with Crippen LogP contribution < -0.4 is 9.64 Å². The van der Waals surface area contributed by atoms with Gasteiger partial charge in [-0.3, -0.25) is 9.59 Å². The molecule has 2 aliphatic rings. The van der Waals surface area contributed by atoms with E-state index in [-0.39, 0.29) is 24.9 Å². The van der Waals surface area contributed by atoms with E-state index >= 15 is 0 Å². The zero-order valence-electron chi connectivity index (χ0n) is 10.7. The minimum absolute atomic E-state index is 0.0252. The lowest BCUT2D eigenvalue weighted by molar-refractivity contribution is -0.120. The van der Waals surface area contributed by atoms with Crippen LogP contribution in [0, 0.1) is 5.41 Å². The van der Waals surface area contributed by atoms with E-state index in [0.717, 1.165) is 12.8 Å². The third kappa shape index (κ3) is 1.81. The summed E-state index contributed by atoms with van der Waals surface area (Å²) in [5, 5.41) is 9.31. The molecule has 100 valence electrons. The number of ketones is 1. The highest BCUT2D eigenvalue weighted by molar-refractivity contribution is 6.05. The van der Waals surface area contributed by atoms with Crippen LogP contribution >= 0.6 is 0 Å². The molecule has 5 nitrogen and oxygen atoms in total. The monoisotopic (exact) mass is 261 g/mol. The number of amides is 1. The number of anilines is 1. The van der Waals surface area contributed by atoms with Crippen LogP contribution in [-0.4, -0.2) is 37.1 Å². The summed E-state index contributed by atoms with van der Waals surface area (Å²) in [7, 11) is 1.66. The normalized spacial score (nSPS) is 19.7. The Kier molecular flexibility index (Phi) is 2.60. The predicted octanol–water partition coefficient (Wildman–Crippen LogP) is 0.997. The number of hydrogen-bond donors (Lipinski definition) is 1. The van der Waals surface area contributed by atoms with Crippen LogP contribution in [0.5, 0.6) is 5.75 Å². The topological polar surface area (TPSA) is 66.8 Å². The third-order valence-corrected chi connectivity index (χ3v) is 3.95. The molecule has 1 fully saturated rings. The minimum atomic E-state index is -0.591. The quantitative estimate of drug-likeness (QED) is 0.824. The van der Waals surface area contributed by atoms with Gasteiger partial charge < -0.3 is 14.7 Å². The fraction of sp³-hybridized carbons (Fsp3) is 0.429. The summed E-state index contributed by atoms with van der Waals surface area (Å²) in [6, 6.07) is 5.07. The summed E-state index contributed by atoms with van der Waals surface area (Å²) >= 11 is 0. The molecule has 0 spiro atoms. The fourth-order valence-electron chi connectivity index (χ4n) is 2.33. The molecule has 1 N–H and O–H groups in total. The van der Waals surface area contributed by atoms with Gasteiger partial charge in [0.2, 0.25) is 0 Å². The lowest BCUT2D eigenvalue weighted by atomic mass is 9.95. The third-order valence-electron chi connectivity index (χ3n) is 3.95. The van der Waals surface area contributed by atoms with Crippen molar-refractivity contribution in [3.8, 4) is 5.75 Å². The van der Waals surface area contributed by atoms with Gasteiger partial charge in [-0.15, -0.1) is 0 Å². The van der Waals surface area contributed by atoms with E-state index in [0.29, 0.717) is 17.0 Å². The van der Waals surface area contributed by atoms with E-state index in [2.05, 4.69) is 0 Å². The number of carbonyl (C=O) groups is 2. The van der Waals surface area contributed by atoms with Crippen molar-refractivity contribution < 1.29 is 19.4 Å². The van der Waals surface area contributed by atoms with Gasteiger partial charge in [-0.25, -0.2) is 0 Å². The van der Waals surface area contributed by atoms with Crippen LogP contribution in [-0.2, 0) is 4.79 Å². The van der Waals surface area contributed by atoms with E-state index in [1.54, 1.807) is 25.2 Å². The molecular weight excluding hydrogens is 246 g/mol. The lowest BCUT2D eigenvalue weighted by Crippen LogP contribution is -2.35. The van der Waals surface area contributed by atoms with E-state index in [4.69, 9.17) is 4.74 Å². The summed E-state index contributed by atoms with van der Waals surface area (Å²) in [5.41, 5.74) is 0.540. The maximum absolute atomic E-state index is 12.3. The Labute approximate surface area is 110 Å². The molecule has 1 heterocycles. The lowest BCUT2D eigenvalue weighted by Gasteiger charge is -2.26.